The lowest BCUT2D eigenvalue weighted by Gasteiger charge is -2.32. The molecule has 0 fully saturated rings. The highest BCUT2D eigenvalue weighted by molar-refractivity contribution is 7.98. The number of anilines is 1. The first-order valence-corrected chi connectivity index (χ1v) is 9.88. The number of benzene rings is 1. The molecular formula is C19H18N4O3S. The largest absolute Gasteiger partial charge is 0.854 e. The van der Waals surface area contributed by atoms with Gasteiger partial charge in [-0.1, -0.05) is 30.8 Å². The van der Waals surface area contributed by atoms with Crippen molar-refractivity contribution in [2.24, 2.45) is 0 Å². The van der Waals surface area contributed by atoms with Crippen molar-refractivity contribution in [1.82, 2.24) is 10.1 Å². The zero-order chi connectivity index (χ0) is 19.0. The fourth-order valence-corrected chi connectivity index (χ4v) is 3.66. The zero-order valence-corrected chi connectivity index (χ0v) is 15.8. The molecule has 1 unspecified atom stereocenters. The van der Waals surface area contributed by atoms with Crippen LogP contribution < -0.4 is 14.7 Å². The number of aromatic nitrogens is 3. The Morgan fingerprint density at radius 2 is 2.15 bits per heavy atom. The number of para-hydroxylation sites is 1. The number of carbonyl (C=O) groups is 1. The molecule has 2 aromatic heterocycles. The molecule has 8 heteroatoms. The Kier molecular flexibility index (Phi) is 4.57. The molecule has 1 aliphatic heterocycles. The Morgan fingerprint density at radius 1 is 1.33 bits per heavy atom. The molecule has 0 saturated heterocycles. The lowest BCUT2D eigenvalue weighted by atomic mass is 10.0. The first kappa shape index (κ1) is 17.5. The van der Waals surface area contributed by atoms with Gasteiger partial charge < -0.3 is 9.52 Å². The van der Waals surface area contributed by atoms with Crippen molar-refractivity contribution in [3.05, 3.63) is 48.4 Å². The van der Waals surface area contributed by atoms with E-state index in [0.29, 0.717) is 40.7 Å². The van der Waals surface area contributed by atoms with Gasteiger partial charge in [-0.15, -0.1) is 0 Å². The van der Waals surface area contributed by atoms with Crippen molar-refractivity contribution in [1.29, 1.82) is 0 Å². The van der Waals surface area contributed by atoms with Crippen molar-refractivity contribution in [2.75, 3.05) is 11.2 Å². The number of furan rings is 1. The Balaban J connectivity index is 2.04. The summed E-state index contributed by atoms with van der Waals surface area (Å²) < 4.78 is 7.20. The van der Waals surface area contributed by atoms with Crippen LogP contribution in [-0.2, 0) is 4.79 Å². The summed E-state index contributed by atoms with van der Waals surface area (Å²) in [5.74, 6) is 0.104. The zero-order valence-electron chi connectivity index (χ0n) is 15.0. The smallest absolute Gasteiger partial charge is 0.325 e. The van der Waals surface area contributed by atoms with E-state index in [2.05, 4.69) is 10.1 Å². The minimum atomic E-state index is -0.675. The number of thioether (sulfide) groups is 1. The molecule has 1 aliphatic rings. The average Bonchev–Trinajstić information content (AvgIpc) is 3.20. The predicted molar refractivity (Wildman–Crippen MR) is 98.1 cm³/mol. The number of nitrogens with zero attached hydrogens (tertiary/aromatic N) is 4. The van der Waals surface area contributed by atoms with Crippen LogP contribution >= 0.6 is 11.8 Å². The second kappa shape index (κ2) is 7.03. The van der Waals surface area contributed by atoms with Crippen LogP contribution in [0.1, 0.15) is 31.7 Å². The summed E-state index contributed by atoms with van der Waals surface area (Å²) in [6.45, 7) is 1.96. The molecule has 0 saturated carbocycles. The number of fused-ring (bicyclic) bond motifs is 3. The highest BCUT2D eigenvalue weighted by atomic mass is 32.2. The molecule has 0 radical (unpaired) electrons. The molecular weight excluding hydrogens is 364 g/mol. The van der Waals surface area contributed by atoms with Crippen LogP contribution in [-0.4, -0.2) is 22.2 Å². The van der Waals surface area contributed by atoms with Gasteiger partial charge in [0.1, 0.15) is 0 Å². The summed E-state index contributed by atoms with van der Waals surface area (Å²) in [5.41, 5.74) is 1.66. The van der Waals surface area contributed by atoms with E-state index in [0.717, 1.165) is 0 Å². The summed E-state index contributed by atoms with van der Waals surface area (Å²) in [6, 6.07) is 10.9. The summed E-state index contributed by atoms with van der Waals surface area (Å²) in [6.07, 6.45) is 3.78. The van der Waals surface area contributed by atoms with E-state index in [4.69, 9.17) is 4.42 Å². The highest BCUT2D eigenvalue weighted by Gasteiger charge is 2.45. The van der Waals surface area contributed by atoms with Gasteiger partial charge >= 0.3 is 6.17 Å². The van der Waals surface area contributed by atoms with Crippen molar-refractivity contribution in [3.63, 3.8) is 0 Å². The molecule has 0 aliphatic carbocycles. The topological polar surface area (TPSA) is 86.2 Å². The normalized spacial score (nSPS) is 15.3. The number of amides is 1. The number of hydrogen-bond acceptors (Lipinski definition) is 6. The fraction of sp³-hybridized carbons (Fsp3) is 0.263. The molecule has 7 nitrogen and oxygen atoms in total. The molecule has 3 aromatic rings. The van der Waals surface area contributed by atoms with E-state index in [1.807, 2.05) is 31.2 Å². The van der Waals surface area contributed by atoms with E-state index in [1.54, 1.807) is 34.2 Å². The van der Waals surface area contributed by atoms with Gasteiger partial charge in [-0.05, 0) is 41.6 Å². The van der Waals surface area contributed by atoms with Crippen LogP contribution in [0.5, 0.6) is 5.88 Å². The number of rotatable bonds is 4. The molecule has 4 rings (SSSR count). The molecule has 1 amide bonds. The monoisotopic (exact) mass is 382 g/mol. The minimum absolute atomic E-state index is 0.0544. The van der Waals surface area contributed by atoms with Gasteiger partial charge in [-0.25, -0.2) is 9.88 Å². The van der Waals surface area contributed by atoms with Crippen LogP contribution in [0.4, 0.5) is 5.69 Å². The molecule has 27 heavy (non-hydrogen) atoms. The Morgan fingerprint density at radius 3 is 2.85 bits per heavy atom. The van der Waals surface area contributed by atoms with Crippen LogP contribution in [0.3, 0.4) is 0 Å². The van der Waals surface area contributed by atoms with Gasteiger partial charge in [-0.3, -0.25) is 4.79 Å². The van der Waals surface area contributed by atoms with Gasteiger partial charge in [0.25, 0.3) is 10.9 Å². The number of hydrogen-bond donors (Lipinski definition) is 0. The van der Waals surface area contributed by atoms with Gasteiger partial charge in [-0.2, -0.15) is 0 Å². The third-order valence-electron chi connectivity index (χ3n) is 4.43. The fourth-order valence-electron chi connectivity index (χ4n) is 3.32. The van der Waals surface area contributed by atoms with Crippen LogP contribution in [0, 0.1) is 0 Å². The van der Waals surface area contributed by atoms with E-state index in [9.17, 15) is 9.90 Å². The van der Waals surface area contributed by atoms with Gasteiger partial charge in [0, 0.05) is 11.5 Å². The van der Waals surface area contributed by atoms with E-state index < -0.39 is 6.17 Å². The second-order valence-electron chi connectivity index (χ2n) is 6.12. The van der Waals surface area contributed by atoms with E-state index in [1.165, 1.54) is 11.8 Å². The first-order chi connectivity index (χ1) is 13.2. The molecule has 0 bridgehead atoms. The molecule has 138 valence electrons. The molecule has 1 aromatic carbocycles. The molecule has 3 heterocycles. The minimum Gasteiger partial charge on any atom is -0.854 e. The van der Waals surface area contributed by atoms with Crippen molar-refractivity contribution >= 4 is 23.4 Å². The Labute approximate surface area is 160 Å². The summed E-state index contributed by atoms with van der Waals surface area (Å²) >= 11 is 1.28. The van der Waals surface area contributed by atoms with E-state index in [-0.39, 0.29) is 11.8 Å². The average molecular weight is 382 g/mol. The Hall–Kier alpha value is -2.87. The summed E-state index contributed by atoms with van der Waals surface area (Å²) in [5, 5.41) is 17.7. The number of carbonyl (C=O) groups excluding carboxylic acids is 1. The molecule has 0 N–H and O–H groups in total. The predicted octanol–water partition coefficient (Wildman–Crippen LogP) is 2.51. The van der Waals surface area contributed by atoms with E-state index >= 15 is 0 Å². The van der Waals surface area contributed by atoms with Gasteiger partial charge in [0.2, 0.25) is 5.91 Å². The molecule has 1 atom stereocenters. The third-order valence-corrected chi connectivity index (χ3v) is 4.97. The quantitative estimate of drug-likeness (QED) is 0.509. The first-order valence-electron chi connectivity index (χ1n) is 8.65. The van der Waals surface area contributed by atoms with Crippen molar-refractivity contribution in [3.8, 4) is 17.1 Å². The highest BCUT2D eigenvalue weighted by Crippen LogP contribution is 2.41. The summed E-state index contributed by atoms with van der Waals surface area (Å²) in [4.78, 5) is 18.8. The SMILES string of the molecule is CCCC(=O)N1c2ccccc2-c2c([O-])nc(SC)n[n+]2C1c1ccco1. The standard InChI is InChI=1S/C19H18N4O3S/c1-3-7-15(24)22-13-9-5-4-8-12(13)16-17(25)20-19(27-2)21-23(16)18(22)14-10-6-11-26-14/h4-6,8-11,18H,3,7H2,1-2H3. The van der Waals surface area contributed by atoms with Gasteiger partial charge in [0.15, 0.2) is 5.76 Å². The van der Waals surface area contributed by atoms with Crippen molar-refractivity contribution < 1.29 is 19.0 Å². The summed E-state index contributed by atoms with van der Waals surface area (Å²) in [7, 11) is 0. The van der Waals surface area contributed by atoms with Crippen LogP contribution in [0.15, 0.2) is 52.2 Å². The van der Waals surface area contributed by atoms with Crippen molar-refractivity contribution in [2.45, 2.75) is 31.1 Å². The molecule has 0 spiro atoms. The maximum Gasteiger partial charge on any atom is 0.325 e. The maximum absolute atomic E-state index is 13.1. The van der Waals surface area contributed by atoms with Crippen LogP contribution in [0.25, 0.3) is 11.3 Å². The maximum atomic E-state index is 13.1. The van der Waals surface area contributed by atoms with Gasteiger partial charge in [0.05, 0.1) is 23.4 Å². The Bertz CT molecular complexity index is 991. The lowest BCUT2D eigenvalue weighted by molar-refractivity contribution is -0.765. The third kappa shape index (κ3) is 2.86. The van der Waals surface area contributed by atoms with Crippen LogP contribution in [0.2, 0.25) is 0 Å². The lowest BCUT2D eigenvalue weighted by Crippen LogP contribution is -2.59. The second-order valence-corrected chi connectivity index (χ2v) is 6.89.